The van der Waals surface area contributed by atoms with Gasteiger partial charge in [-0.15, -0.1) is 0 Å². The zero-order chi connectivity index (χ0) is 14.0. The second-order valence-electron chi connectivity index (χ2n) is 4.43. The predicted molar refractivity (Wildman–Crippen MR) is 85.6 cm³/mol. The summed E-state index contributed by atoms with van der Waals surface area (Å²) in [6.07, 6.45) is 0.751. The molecule has 0 saturated heterocycles. The maximum atomic E-state index is 11.8. The van der Waals surface area contributed by atoms with E-state index < -0.39 is 0 Å². The van der Waals surface area contributed by atoms with Crippen LogP contribution >= 0.6 is 27.3 Å². The number of halogens is 1. The first-order valence-electron chi connectivity index (χ1n) is 6.04. The maximum Gasteiger partial charge on any atom is 0.239 e. The van der Waals surface area contributed by atoms with Crippen LogP contribution in [0.5, 0.6) is 0 Å². The fourth-order valence-electron chi connectivity index (χ4n) is 1.61. The lowest BCUT2D eigenvalue weighted by atomic mass is 10.3. The third-order valence-corrected chi connectivity index (χ3v) is 4.76. The van der Waals surface area contributed by atoms with Crippen molar-refractivity contribution in [2.75, 3.05) is 24.3 Å². The smallest absolute Gasteiger partial charge is 0.239 e. The number of alkyl halides is 1. The van der Waals surface area contributed by atoms with Crippen LogP contribution in [0.1, 0.15) is 13.3 Å². The number of nitrogens with one attached hydrogen (secondary N) is 1. The monoisotopic (exact) mass is 341 g/mol. The fourth-order valence-corrected chi connectivity index (χ4v) is 2.63. The first kappa shape index (κ1) is 14.3. The summed E-state index contributed by atoms with van der Waals surface area (Å²) in [5, 5.41) is 3.49. The van der Waals surface area contributed by atoms with E-state index in [0.29, 0.717) is 5.13 Å². The average molecular weight is 342 g/mol. The molecular weight excluding hydrogens is 326 g/mol. The highest BCUT2D eigenvalue weighted by Gasteiger charge is 2.14. The van der Waals surface area contributed by atoms with Crippen LogP contribution in [0.25, 0.3) is 10.2 Å². The normalized spacial score (nSPS) is 12.4. The fraction of sp³-hybridized carbons (Fsp3) is 0.385. The Hall–Kier alpha value is -1.14. The van der Waals surface area contributed by atoms with Crippen LogP contribution in [-0.2, 0) is 4.79 Å². The molecule has 1 aromatic heterocycles. The number of amides is 1. The number of benzene rings is 1. The van der Waals surface area contributed by atoms with Gasteiger partial charge in [0.05, 0.1) is 15.0 Å². The van der Waals surface area contributed by atoms with Gasteiger partial charge in [0, 0.05) is 19.8 Å². The van der Waals surface area contributed by atoms with Crippen molar-refractivity contribution >= 4 is 54.2 Å². The summed E-state index contributed by atoms with van der Waals surface area (Å²) in [6.45, 7) is 1.96. The Morgan fingerprint density at radius 2 is 2.26 bits per heavy atom. The molecule has 0 bridgehead atoms. The van der Waals surface area contributed by atoms with E-state index in [1.54, 1.807) is 0 Å². The standard InChI is InChI=1S/C13H16BrN3OS/c1-4-9(14)12(18)16-13-15-10-6-5-8(17(2)3)7-11(10)19-13/h5-7,9H,4H2,1-3H3,(H,15,16,18)/t9-/m1/s1. The van der Waals surface area contributed by atoms with E-state index in [1.165, 1.54) is 11.3 Å². The van der Waals surface area contributed by atoms with Crippen LogP contribution in [0.2, 0.25) is 0 Å². The van der Waals surface area contributed by atoms with Gasteiger partial charge in [0.1, 0.15) is 0 Å². The minimum absolute atomic E-state index is 0.0469. The van der Waals surface area contributed by atoms with Gasteiger partial charge < -0.3 is 10.2 Å². The average Bonchev–Trinajstić information content (AvgIpc) is 2.78. The Labute approximate surface area is 125 Å². The molecule has 0 fully saturated rings. The van der Waals surface area contributed by atoms with Gasteiger partial charge in [0.2, 0.25) is 5.91 Å². The first-order valence-corrected chi connectivity index (χ1v) is 7.77. The van der Waals surface area contributed by atoms with E-state index in [9.17, 15) is 4.79 Å². The van der Waals surface area contributed by atoms with Crippen LogP contribution in [0.4, 0.5) is 10.8 Å². The summed E-state index contributed by atoms with van der Waals surface area (Å²) in [5.41, 5.74) is 2.04. The highest BCUT2D eigenvalue weighted by atomic mass is 79.9. The Bertz CT molecular complexity index is 597. The van der Waals surface area contributed by atoms with Crippen LogP contribution in [0.15, 0.2) is 18.2 Å². The van der Waals surface area contributed by atoms with Crippen molar-refractivity contribution in [1.82, 2.24) is 4.98 Å². The maximum absolute atomic E-state index is 11.8. The third kappa shape index (κ3) is 3.25. The summed E-state index contributed by atoms with van der Waals surface area (Å²) < 4.78 is 1.07. The van der Waals surface area contributed by atoms with E-state index in [4.69, 9.17) is 0 Å². The number of aromatic nitrogens is 1. The lowest BCUT2D eigenvalue weighted by molar-refractivity contribution is -0.115. The van der Waals surface area contributed by atoms with Gasteiger partial charge in [-0.2, -0.15) is 0 Å². The summed E-state index contributed by atoms with van der Waals surface area (Å²) in [4.78, 5) is 18.1. The molecule has 1 heterocycles. The van der Waals surface area contributed by atoms with Gasteiger partial charge >= 0.3 is 0 Å². The second-order valence-corrected chi connectivity index (χ2v) is 6.57. The number of anilines is 2. The molecule has 0 aliphatic carbocycles. The van der Waals surface area contributed by atoms with E-state index in [-0.39, 0.29) is 10.7 Å². The lowest BCUT2D eigenvalue weighted by Crippen LogP contribution is -2.21. The molecule has 1 aromatic carbocycles. The number of nitrogens with zero attached hydrogens (tertiary/aromatic N) is 2. The highest BCUT2D eigenvalue weighted by Crippen LogP contribution is 2.29. The molecule has 19 heavy (non-hydrogen) atoms. The summed E-state index contributed by atoms with van der Waals surface area (Å²) in [5.74, 6) is -0.0469. The van der Waals surface area contributed by atoms with Crippen molar-refractivity contribution in [2.45, 2.75) is 18.2 Å². The quantitative estimate of drug-likeness (QED) is 0.866. The number of carbonyl (C=O) groups is 1. The van der Waals surface area contributed by atoms with Crippen molar-refractivity contribution in [1.29, 1.82) is 0 Å². The number of carbonyl (C=O) groups excluding carboxylic acids is 1. The molecular formula is C13H16BrN3OS. The molecule has 102 valence electrons. The molecule has 0 saturated carbocycles. The van der Waals surface area contributed by atoms with Crippen molar-refractivity contribution in [2.24, 2.45) is 0 Å². The van der Waals surface area contributed by atoms with Crippen molar-refractivity contribution in [3.8, 4) is 0 Å². The molecule has 6 heteroatoms. The van der Waals surface area contributed by atoms with E-state index in [2.05, 4.69) is 32.3 Å². The molecule has 2 aromatic rings. The molecule has 2 rings (SSSR count). The van der Waals surface area contributed by atoms with Crippen LogP contribution < -0.4 is 10.2 Å². The van der Waals surface area contributed by atoms with E-state index in [1.807, 2.05) is 38.1 Å². The van der Waals surface area contributed by atoms with Crippen LogP contribution in [0, 0.1) is 0 Å². The number of hydrogen-bond donors (Lipinski definition) is 1. The number of hydrogen-bond acceptors (Lipinski definition) is 4. The molecule has 0 unspecified atom stereocenters. The van der Waals surface area contributed by atoms with Gasteiger partial charge in [-0.1, -0.05) is 34.2 Å². The number of thiazole rings is 1. The van der Waals surface area contributed by atoms with Crippen molar-refractivity contribution in [3.05, 3.63) is 18.2 Å². The molecule has 1 atom stereocenters. The van der Waals surface area contributed by atoms with Gasteiger partial charge in [0.25, 0.3) is 0 Å². The van der Waals surface area contributed by atoms with Crippen molar-refractivity contribution < 1.29 is 4.79 Å². The largest absolute Gasteiger partial charge is 0.378 e. The molecule has 0 aliphatic rings. The van der Waals surface area contributed by atoms with E-state index >= 15 is 0 Å². The van der Waals surface area contributed by atoms with Crippen LogP contribution in [0.3, 0.4) is 0 Å². The number of rotatable bonds is 4. The van der Waals surface area contributed by atoms with Gasteiger partial charge in [-0.25, -0.2) is 4.98 Å². The lowest BCUT2D eigenvalue weighted by Gasteiger charge is -2.11. The Morgan fingerprint density at radius 1 is 1.53 bits per heavy atom. The van der Waals surface area contributed by atoms with E-state index in [0.717, 1.165) is 22.3 Å². The Kier molecular flexibility index (Phi) is 4.42. The summed E-state index contributed by atoms with van der Waals surface area (Å²) >= 11 is 4.83. The Balaban J connectivity index is 2.24. The topological polar surface area (TPSA) is 45.2 Å². The third-order valence-electron chi connectivity index (χ3n) is 2.76. The molecule has 1 N–H and O–H groups in total. The first-order chi connectivity index (χ1) is 9.01. The minimum Gasteiger partial charge on any atom is -0.378 e. The molecule has 1 amide bonds. The molecule has 0 aliphatic heterocycles. The summed E-state index contributed by atoms with van der Waals surface area (Å²) in [7, 11) is 4.00. The van der Waals surface area contributed by atoms with Gasteiger partial charge in [-0.3, -0.25) is 4.79 Å². The predicted octanol–water partition coefficient (Wildman–Crippen LogP) is 3.47. The number of fused-ring (bicyclic) bond motifs is 1. The van der Waals surface area contributed by atoms with Crippen LogP contribution in [-0.4, -0.2) is 29.8 Å². The molecule has 0 spiro atoms. The molecule has 0 radical (unpaired) electrons. The summed E-state index contributed by atoms with van der Waals surface area (Å²) in [6, 6.07) is 6.07. The van der Waals surface area contributed by atoms with Gasteiger partial charge in [-0.05, 0) is 24.6 Å². The molecule has 4 nitrogen and oxygen atoms in total. The Morgan fingerprint density at radius 3 is 2.89 bits per heavy atom. The SMILES string of the molecule is CC[C@@H](Br)C(=O)Nc1nc2ccc(N(C)C)cc2s1. The zero-order valence-electron chi connectivity index (χ0n) is 11.1. The van der Waals surface area contributed by atoms with Crippen molar-refractivity contribution in [3.63, 3.8) is 0 Å². The van der Waals surface area contributed by atoms with Gasteiger partial charge in [0.15, 0.2) is 5.13 Å². The minimum atomic E-state index is -0.170. The zero-order valence-corrected chi connectivity index (χ0v) is 13.5. The second kappa shape index (κ2) is 5.88. The highest BCUT2D eigenvalue weighted by molar-refractivity contribution is 9.10.